The molecule has 1 saturated heterocycles. The second-order valence-corrected chi connectivity index (χ2v) is 5.20. The topological polar surface area (TPSA) is 72.9 Å². The van der Waals surface area contributed by atoms with E-state index in [4.69, 9.17) is 5.11 Å². The average molecular weight is 331 g/mol. The number of hydrogen-bond acceptors (Lipinski definition) is 3. The van der Waals surface area contributed by atoms with E-state index in [1.54, 1.807) is 4.90 Å². The van der Waals surface area contributed by atoms with Gasteiger partial charge in [-0.1, -0.05) is 0 Å². The predicted octanol–water partition coefficient (Wildman–Crippen LogP) is 1.01. The molecule has 126 valence electrons. The van der Waals surface area contributed by atoms with E-state index in [-0.39, 0.29) is 31.7 Å². The normalized spacial score (nSPS) is 18.8. The van der Waals surface area contributed by atoms with Gasteiger partial charge in [-0.25, -0.2) is 18.0 Å². The predicted molar refractivity (Wildman–Crippen MR) is 74.2 cm³/mol. The van der Waals surface area contributed by atoms with Crippen LogP contribution < -0.4 is 5.32 Å². The highest BCUT2D eigenvalue weighted by Crippen LogP contribution is 2.19. The van der Waals surface area contributed by atoms with Crippen LogP contribution in [0, 0.1) is 17.5 Å². The zero-order valence-corrected chi connectivity index (χ0v) is 12.4. The first-order valence-corrected chi connectivity index (χ1v) is 6.90. The summed E-state index contributed by atoms with van der Waals surface area (Å²) in [6.45, 7) is 0.134. The summed E-state index contributed by atoms with van der Waals surface area (Å²) < 4.78 is 40.2. The Balaban J connectivity index is 2.16. The van der Waals surface area contributed by atoms with E-state index in [0.29, 0.717) is 6.07 Å². The highest BCUT2D eigenvalue weighted by molar-refractivity contribution is 5.85. The molecule has 9 heteroatoms. The molecular formula is C14H16F3N3O3. The van der Waals surface area contributed by atoms with E-state index in [2.05, 4.69) is 5.32 Å². The molecule has 0 radical (unpaired) electrons. The Kier molecular flexibility index (Phi) is 5.09. The summed E-state index contributed by atoms with van der Waals surface area (Å²) in [6, 6.07) is 0.374. The van der Waals surface area contributed by atoms with Crippen LogP contribution in [0.4, 0.5) is 18.0 Å². The lowest BCUT2D eigenvalue weighted by Crippen LogP contribution is -2.59. The van der Waals surface area contributed by atoms with Crippen molar-refractivity contribution in [3.05, 3.63) is 35.1 Å². The average Bonchev–Trinajstić information content (AvgIpc) is 2.51. The van der Waals surface area contributed by atoms with E-state index in [9.17, 15) is 22.8 Å². The molecule has 1 aliphatic rings. The Bertz CT molecular complexity index is 627. The summed E-state index contributed by atoms with van der Waals surface area (Å²) in [5.41, 5.74) is -0.179. The third kappa shape index (κ3) is 3.73. The van der Waals surface area contributed by atoms with E-state index >= 15 is 0 Å². The Morgan fingerprint density at radius 3 is 2.61 bits per heavy atom. The van der Waals surface area contributed by atoms with Gasteiger partial charge in [-0.15, -0.1) is 0 Å². The number of carboxylic acid groups (broad SMARTS) is 1. The molecule has 6 nitrogen and oxygen atoms in total. The van der Waals surface area contributed by atoms with Gasteiger partial charge in [0.05, 0.1) is 0 Å². The second-order valence-electron chi connectivity index (χ2n) is 5.20. The van der Waals surface area contributed by atoms with E-state index in [1.165, 1.54) is 7.05 Å². The van der Waals surface area contributed by atoms with Gasteiger partial charge in [0, 0.05) is 44.9 Å². The number of hydrogen-bond donors (Lipinski definition) is 2. The summed E-state index contributed by atoms with van der Waals surface area (Å²) in [6.07, 6.45) is -1.23. The minimum atomic E-state index is -1.29. The van der Waals surface area contributed by atoms with Gasteiger partial charge in [0.25, 0.3) is 0 Å². The zero-order valence-electron chi connectivity index (χ0n) is 12.4. The van der Waals surface area contributed by atoms with Crippen LogP contribution in [-0.2, 0) is 11.3 Å². The van der Waals surface area contributed by atoms with E-state index < -0.39 is 35.5 Å². The molecular weight excluding hydrogens is 315 g/mol. The minimum Gasteiger partial charge on any atom is -0.465 e. The molecule has 1 heterocycles. The molecule has 0 aliphatic carbocycles. The van der Waals surface area contributed by atoms with Gasteiger partial charge in [-0.05, 0) is 6.07 Å². The second kappa shape index (κ2) is 6.86. The van der Waals surface area contributed by atoms with Crippen molar-refractivity contribution in [2.75, 3.05) is 26.7 Å². The molecule has 1 fully saturated rings. The van der Waals surface area contributed by atoms with Gasteiger partial charge < -0.3 is 10.4 Å². The SMILES string of the molecule is CNC(=O)[C@@H]1CN(Cc2cc(F)cc(F)c2F)CCN1C(=O)O. The quantitative estimate of drug-likeness (QED) is 0.811. The van der Waals surface area contributed by atoms with Crippen molar-refractivity contribution >= 4 is 12.0 Å². The fourth-order valence-electron chi connectivity index (χ4n) is 2.57. The first kappa shape index (κ1) is 17.1. The zero-order chi connectivity index (χ0) is 17.1. The molecule has 0 spiro atoms. The van der Waals surface area contributed by atoms with E-state index in [0.717, 1.165) is 11.0 Å². The molecule has 23 heavy (non-hydrogen) atoms. The number of halogens is 3. The largest absolute Gasteiger partial charge is 0.465 e. The first-order chi connectivity index (χ1) is 10.8. The maximum atomic E-state index is 13.7. The summed E-state index contributed by atoms with van der Waals surface area (Å²) in [5, 5.41) is 11.5. The number of piperazine rings is 1. The summed E-state index contributed by atoms with van der Waals surface area (Å²) in [5.74, 6) is -3.83. The van der Waals surface area contributed by atoms with Crippen molar-refractivity contribution in [1.29, 1.82) is 0 Å². The lowest BCUT2D eigenvalue weighted by Gasteiger charge is -2.38. The van der Waals surface area contributed by atoms with Gasteiger partial charge in [0.1, 0.15) is 11.9 Å². The van der Waals surface area contributed by atoms with E-state index in [1.807, 2.05) is 0 Å². The van der Waals surface area contributed by atoms with Crippen molar-refractivity contribution in [2.45, 2.75) is 12.6 Å². The van der Waals surface area contributed by atoms with Gasteiger partial charge >= 0.3 is 6.09 Å². The van der Waals surface area contributed by atoms with Crippen LogP contribution in [0.15, 0.2) is 12.1 Å². The molecule has 2 N–H and O–H groups in total. The van der Waals surface area contributed by atoms with Crippen LogP contribution in [0.5, 0.6) is 0 Å². The molecule has 1 aromatic carbocycles. The standard InChI is InChI=1S/C14H16F3N3O3/c1-18-13(21)11-7-19(2-3-20(11)14(22)23)6-8-4-9(15)5-10(16)12(8)17/h4-5,11H,2-3,6-7H2,1H3,(H,18,21)(H,22,23)/t11-/m0/s1. The molecule has 1 aromatic rings. The monoisotopic (exact) mass is 331 g/mol. The summed E-state index contributed by atoms with van der Waals surface area (Å²) in [4.78, 5) is 25.5. The van der Waals surface area contributed by atoms with Crippen molar-refractivity contribution in [3.63, 3.8) is 0 Å². The molecule has 2 amide bonds. The van der Waals surface area contributed by atoms with Crippen molar-refractivity contribution in [1.82, 2.24) is 15.1 Å². The molecule has 2 rings (SSSR count). The Hall–Kier alpha value is -2.29. The minimum absolute atomic E-state index is 0.00352. The first-order valence-electron chi connectivity index (χ1n) is 6.90. The molecule has 0 aromatic heterocycles. The van der Waals surface area contributed by atoms with Gasteiger partial charge in [-0.3, -0.25) is 14.6 Å². The fraction of sp³-hybridized carbons (Fsp3) is 0.429. The van der Waals surface area contributed by atoms with Gasteiger partial charge in [-0.2, -0.15) is 0 Å². The third-order valence-electron chi connectivity index (χ3n) is 3.72. The van der Waals surface area contributed by atoms with Crippen LogP contribution in [0.25, 0.3) is 0 Å². The number of nitrogens with zero attached hydrogens (tertiary/aromatic N) is 2. The smallest absolute Gasteiger partial charge is 0.408 e. The van der Waals surface area contributed by atoms with Crippen molar-refractivity contribution < 1.29 is 27.9 Å². The van der Waals surface area contributed by atoms with Gasteiger partial charge in [0.2, 0.25) is 5.91 Å². The Morgan fingerprint density at radius 1 is 1.30 bits per heavy atom. The van der Waals surface area contributed by atoms with Gasteiger partial charge in [0.15, 0.2) is 11.6 Å². The van der Waals surface area contributed by atoms with Crippen LogP contribution in [0.3, 0.4) is 0 Å². The molecule has 0 bridgehead atoms. The van der Waals surface area contributed by atoms with Crippen LogP contribution in [-0.4, -0.2) is 59.6 Å². The highest BCUT2D eigenvalue weighted by Gasteiger charge is 2.35. The van der Waals surface area contributed by atoms with Crippen LogP contribution in [0.2, 0.25) is 0 Å². The Morgan fingerprint density at radius 2 is 2.00 bits per heavy atom. The highest BCUT2D eigenvalue weighted by atomic mass is 19.2. The fourth-order valence-corrected chi connectivity index (χ4v) is 2.57. The number of amides is 2. The maximum Gasteiger partial charge on any atom is 0.408 e. The molecule has 0 saturated carbocycles. The number of rotatable bonds is 3. The number of carbonyl (C=O) groups is 2. The molecule has 1 aliphatic heterocycles. The third-order valence-corrected chi connectivity index (χ3v) is 3.72. The number of carbonyl (C=O) groups excluding carboxylic acids is 1. The summed E-state index contributed by atoms with van der Waals surface area (Å²) in [7, 11) is 1.38. The number of benzene rings is 1. The Labute approximate surface area is 130 Å². The van der Waals surface area contributed by atoms with Crippen molar-refractivity contribution in [3.8, 4) is 0 Å². The number of nitrogens with one attached hydrogen (secondary N) is 1. The van der Waals surface area contributed by atoms with Crippen LogP contribution in [0.1, 0.15) is 5.56 Å². The maximum absolute atomic E-state index is 13.7. The van der Waals surface area contributed by atoms with Crippen molar-refractivity contribution in [2.24, 2.45) is 0 Å². The molecule has 0 unspecified atom stereocenters. The number of likely N-dealkylation sites (N-methyl/N-ethyl adjacent to an activating group) is 1. The summed E-state index contributed by atoms with van der Waals surface area (Å²) >= 11 is 0. The lowest BCUT2D eigenvalue weighted by molar-refractivity contribution is -0.127. The molecule has 1 atom stereocenters. The lowest BCUT2D eigenvalue weighted by atomic mass is 10.1. The van der Waals surface area contributed by atoms with Crippen LogP contribution >= 0.6 is 0 Å².